The molecular weight excluding hydrogens is 629 g/mol. The Morgan fingerprint density at radius 2 is 1.63 bits per heavy atom. The number of amides is 2. The Bertz CT molecular complexity index is 1480. The van der Waals surface area contributed by atoms with Crippen LogP contribution in [0.3, 0.4) is 0 Å². The molecule has 232 valence electrons. The Morgan fingerprint density at radius 1 is 0.977 bits per heavy atom. The molecule has 3 aromatic rings. The summed E-state index contributed by atoms with van der Waals surface area (Å²) in [5.74, 6) is -0.695. The number of carbonyl (C=O) groups is 2. The Labute approximate surface area is 268 Å². The largest absolute Gasteiger partial charge is 0.492 e. The highest BCUT2D eigenvalue weighted by Gasteiger charge is 2.34. The molecule has 12 heteroatoms. The molecule has 0 aromatic heterocycles. The molecule has 1 N–H and O–H groups in total. The van der Waals surface area contributed by atoms with E-state index in [9.17, 15) is 18.0 Å². The third-order valence-electron chi connectivity index (χ3n) is 6.75. The van der Waals surface area contributed by atoms with Crippen LogP contribution in [-0.2, 0) is 26.2 Å². The molecule has 0 aliphatic heterocycles. The van der Waals surface area contributed by atoms with Crippen molar-refractivity contribution in [3.63, 3.8) is 0 Å². The molecule has 0 fully saturated rings. The predicted octanol–water partition coefficient (Wildman–Crippen LogP) is 6.64. The van der Waals surface area contributed by atoms with Gasteiger partial charge in [0.2, 0.25) is 11.8 Å². The fraction of sp³-hybridized carbons (Fsp3) is 0.355. The third-order valence-corrected chi connectivity index (χ3v) is 9.97. The minimum absolute atomic E-state index is 0.00968. The van der Waals surface area contributed by atoms with Gasteiger partial charge in [-0.05, 0) is 75.1 Å². The van der Waals surface area contributed by atoms with Gasteiger partial charge in [-0.15, -0.1) is 11.8 Å². The minimum Gasteiger partial charge on any atom is -0.492 e. The average molecular weight is 667 g/mol. The number of thioether (sulfide) groups is 1. The van der Waals surface area contributed by atoms with Gasteiger partial charge in [0.25, 0.3) is 10.0 Å². The van der Waals surface area contributed by atoms with Crippen molar-refractivity contribution in [1.29, 1.82) is 0 Å². The quantitative estimate of drug-likeness (QED) is 0.144. The number of nitrogens with one attached hydrogen (secondary N) is 1. The predicted molar refractivity (Wildman–Crippen MR) is 175 cm³/mol. The van der Waals surface area contributed by atoms with Gasteiger partial charge in [0.05, 0.1) is 17.2 Å². The van der Waals surface area contributed by atoms with Crippen molar-refractivity contribution in [2.24, 2.45) is 0 Å². The van der Waals surface area contributed by atoms with Crippen molar-refractivity contribution in [3.05, 3.63) is 82.3 Å². The Kier molecular flexibility index (Phi) is 13.1. The summed E-state index contributed by atoms with van der Waals surface area (Å²) in [6, 6.07) is 17.1. The number of nitrogens with zero attached hydrogens (tertiary/aromatic N) is 2. The van der Waals surface area contributed by atoms with E-state index in [2.05, 4.69) is 5.32 Å². The molecule has 3 aromatic carbocycles. The molecule has 0 spiro atoms. The molecular formula is C31H37Cl2N3O5S2. The fourth-order valence-electron chi connectivity index (χ4n) is 4.30. The molecule has 0 saturated heterocycles. The van der Waals surface area contributed by atoms with Gasteiger partial charge >= 0.3 is 0 Å². The van der Waals surface area contributed by atoms with Gasteiger partial charge in [-0.2, -0.15) is 0 Å². The minimum atomic E-state index is -4.26. The first-order valence-electron chi connectivity index (χ1n) is 13.9. The molecule has 0 unspecified atom stereocenters. The van der Waals surface area contributed by atoms with Gasteiger partial charge < -0.3 is 15.0 Å². The number of hydrogen-bond acceptors (Lipinski definition) is 6. The number of hydrogen-bond donors (Lipinski definition) is 1. The van der Waals surface area contributed by atoms with Crippen molar-refractivity contribution in [2.45, 2.75) is 56.0 Å². The second-order valence-corrected chi connectivity index (χ2v) is 13.2. The van der Waals surface area contributed by atoms with Gasteiger partial charge in [0, 0.05) is 33.6 Å². The zero-order valence-corrected chi connectivity index (χ0v) is 27.8. The van der Waals surface area contributed by atoms with Gasteiger partial charge in [0.15, 0.2) is 0 Å². The highest BCUT2D eigenvalue weighted by Crippen LogP contribution is 2.34. The number of benzene rings is 3. The van der Waals surface area contributed by atoms with E-state index in [0.29, 0.717) is 27.9 Å². The number of ether oxygens (including phenoxy) is 1. The lowest BCUT2D eigenvalue weighted by atomic mass is 10.1. The summed E-state index contributed by atoms with van der Waals surface area (Å²) in [7, 11) is -4.26. The number of halogens is 2. The Hall–Kier alpha value is -2.92. The standard InChI is InChI=1S/C31H37Cl2N3O5S2/c1-5-7-19-34-31(38)22(3)35(20-25-26(32)11-10-12-27(25)33)30(37)21-36(28-13-8-9-14-29(28)41-6-2)43(39,40)24-17-15-23(42-4)16-18-24/h8-18,22H,5-7,19-21H2,1-4H3,(H,34,38)/t22-/m1/s1. The molecule has 8 nitrogen and oxygen atoms in total. The van der Waals surface area contributed by atoms with Crippen LogP contribution >= 0.6 is 35.0 Å². The number of sulfonamides is 1. The molecule has 0 aliphatic rings. The number of rotatable bonds is 15. The molecule has 0 heterocycles. The first-order chi connectivity index (χ1) is 20.5. The molecule has 0 radical (unpaired) electrons. The van der Waals surface area contributed by atoms with Gasteiger partial charge in [-0.1, -0.05) is 54.7 Å². The first kappa shape index (κ1) is 34.6. The van der Waals surface area contributed by atoms with Crippen molar-refractivity contribution < 1.29 is 22.7 Å². The average Bonchev–Trinajstić information content (AvgIpc) is 3.00. The molecule has 2 amide bonds. The first-order valence-corrected chi connectivity index (χ1v) is 17.4. The van der Waals surface area contributed by atoms with Crippen molar-refractivity contribution in [2.75, 3.05) is 30.3 Å². The van der Waals surface area contributed by atoms with Crippen LogP contribution in [0.4, 0.5) is 5.69 Å². The van der Waals surface area contributed by atoms with Gasteiger partial charge in [-0.25, -0.2) is 8.42 Å². The number of anilines is 1. The Balaban J connectivity index is 2.09. The van der Waals surface area contributed by atoms with Crippen LogP contribution in [0.2, 0.25) is 10.0 Å². The maximum atomic E-state index is 14.2. The summed E-state index contributed by atoms with van der Waals surface area (Å²) < 4.78 is 35.1. The van der Waals surface area contributed by atoms with Crippen LogP contribution in [0.15, 0.2) is 76.5 Å². The number of unbranched alkanes of at least 4 members (excludes halogenated alkanes) is 1. The maximum absolute atomic E-state index is 14.2. The summed E-state index contributed by atoms with van der Waals surface area (Å²) in [5.41, 5.74) is 0.645. The lowest BCUT2D eigenvalue weighted by molar-refractivity contribution is -0.139. The summed E-state index contributed by atoms with van der Waals surface area (Å²) in [6.45, 7) is 5.41. The highest BCUT2D eigenvalue weighted by atomic mass is 35.5. The Morgan fingerprint density at radius 3 is 2.23 bits per heavy atom. The van der Waals surface area contributed by atoms with E-state index in [-0.39, 0.29) is 29.6 Å². The summed E-state index contributed by atoms with van der Waals surface area (Å²) in [5, 5.41) is 3.51. The second-order valence-electron chi connectivity index (χ2n) is 9.63. The van der Waals surface area contributed by atoms with Crippen LogP contribution in [0.25, 0.3) is 0 Å². The second kappa shape index (κ2) is 16.2. The van der Waals surface area contributed by atoms with E-state index in [0.717, 1.165) is 22.0 Å². The molecule has 0 aliphatic carbocycles. The normalized spacial score (nSPS) is 12.0. The highest BCUT2D eigenvalue weighted by molar-refractivity contribution is 7.98. The molecule has 3 rings (SSSR count). The van der Waals surface area contributed by atoms with E-state index in [1.165, 1.54) is 28.8 Å². The van der Waals surface area contributed by atoms with E-state index >= 15 is 0 Å². The lowest BCUT2D eigenvalue weighted by Crippen LogP contribution is -2.51. The third kappa shape index (κ3) is 8.81. The molecule has 0 saturated carbocycles. The molecule has 1 atom stereocenters. The van der Waals surface area contributed by atoms with Crippen molar-refractivity contribution in [1.82, 2.24) is 10.2 Å². The summed E-state index contributed by atoms with van der Waals surface area (Å²) >= 11 is 14.4. The zero-order valence-electron chi connectivity index (χ0n) is 24.7. The van der Waals surface area contributed by atoms with Crippen LogP contribution in [0, 0.1) is 0 Å². The number of carbonyl (C=O) groups excluding carboxylic acids is 2. The maximum Gasteiger partial charge on any atom is 0.264 e. The molecule has 0 bridgehead atoms. The van der Waals surface area contributed by atoms with Crippen LogP contribution in [0.1, 0.15) is 39.2 Å². The summed E-state index contributed by atoms with van der Waals surface area (Å²) in [6.07, 6.45) is 3.56. The van der Waals surface area contributed by atoms with Crippen molar-refractivity contribution >= 4 is 62.5 Å². The SMILES string of the molecule is CCCCNC(=O)[C@@H](C)N(Cc1c(Cl)cccc1Cl)C(=O)CN(c1ccccc1OCC)S(=O)(=O)c1ccc(SC)cc1. The van der Waals surface area contributed by atoms with Crippen LogP contribution in [-0.4, -0.2) is 57.1 Å². The zero-order chi connectivity index (χ0) is 31.6. The fourth-order valence-corrected chi connectivity index (χ4v) is 6.65. The van der Waals surface area contributed by atoms with Crippen LogP contribution in [0.5, 0.6) is 5.75 Å². The molecule has 43 heavy (non-hydrogen) atoms. The van der Waals surface area contributed by atoms with E-state index in [1.54, 1.807) is 68.4 Å². The van der Waals surface area contributed by atoms with Gasteiger partial charge in [0.1, 0.15) is 18.3 Å². The van der Waals surface area contributed by atoms with E-state index in [4.69, 9.17) is 27.9 Å². The van der Waals surface area contributed by atoms with E-state index < -0.39 is 28.5 Å². The lowest BCUT2D eigenvalue weighted by Gasteiger charge is -2.32. The van der Waals surface area contributed by atoms with Crippen LogP contribution < -0.4 is 14.4 Å². The smallest absolute Gasteiger partial charge is 0.264 e. The van der Waals surface area contributed by atoms with Gasteiger partial charge in [-0.3, -0.25) is 13.9 Å². The van der Waals surface area contributed by atoms with E-state index in [1.807, 2.05) is 13.2 Å². The van der Waals surface area contributed by atoms with Crippen molar-refractivity contribution in [3.8, 4) is 5.75 Å². The topological polar surface area (TPSA) is 96.0 Å². The summed E-state index contributed by atoms with van der Waals surface area (Å²) in [4.78, 5) is 29.6. The monoisotopic (exact) mass is 665 g/mol. The number of para-hydroxylation sites is 2.